The molecule has 0 aliphatic heterocycles. The Bertz CT molecular complexity index is 1700. The van der Waals surface area contributed by atoms with Crippen LogP contribution in [0.5, 0.6) is 11.5 Å². The molecule has 2 N–H and O–H groups in total. The first kappa shape index (κ1) is 29.3. The molecule has 0 saturated heterocycles. The van der Waals surface area contributed by atoms with Crippen LogP contribution in [0.4, 0.5) is 4.39 Å². The fourth-order valence-electron chi connectivity index (χ4n) is 4.08. The zero-order chi connectivity index (χ0) is 29.4. The second kappa shape index (κ2) is 13.1. The highest BCUT2D eigenvalue weighted by Crippen LogP contribution is 2.30. The molecule has 0 aliphatic rings. The monoisotopic (exact) mass is 571 g/mol. The molecule has 41 heavy (non-hydrogen) atoms. The van der Waals surface area contributed by atoms with Crippen LogP contribution in [-0.4, -0.2) is 19.4 Å². The lowest BCUT2D eigenvalue weighted by Crippen LogP contribution is -2.30. The first-order valence-corrected chi connectivity index (χ1v) is 14.3. The Morgan fingerprint density at radius 1 is 0.878 bits per heavy atom. The van der Waals surface area contributed by atoms with E-state index in [2.05, 4.69) is 4.72 Å². The molecule has 4 rings (SSSR count). The molecule has 6 nitrogen and oxygen atoms in total. The molecule has 0 bridgehead atoms. The van der Waals surface area contributed by atoms with Crippen LogP contribution >= 0.6 is 0 Å². The van der Waals surface area contributed by atoms with E-state index in [-0.39, 0.29) is 28.6 Å². The Morgan fingerprint density at radius 2 is 1.61 bits per heavy atom. The van der Waals surface area contributed by atoms with Gasteiger partial charge in [-0.25, -0.2) is 17.5 Å². The van der Waals surface area contributed by atoms with Crippen molar-refractivity contribution in [3.05, 3.63) is 143 Å². The third-order valence-corrected chi connectivity index (χ3v) is 7.60. The van der Waals surface area contributed by atoms with Gasteiger partial charge in [0.05, 0.1) is 4.90 Å². The summed E-state index contributed by atoms with van der Waals surface area (Å²) in [6.07, 6.45) is 4.30. The average Bonchev–Trinajstić information content (AvgIpc) is 2.96. The van der Waals surface area contributed by atoms with Gasteiger partial charge in [-0.1, -0.05) is 60.2 Å². The molecule has 0 aliphatic carbocycles. The molecule has 0 radical (unpaired) electrons. The zero-order valence-electron chi connectivity index (χ0n) is 22.7. The Hall–Kier alpha value is -4.69. The van der Waals surface area contributed by atoms with Gasteiger partial charge in [-0.05, 0) is 91.6 Å². The van der Waals surface area contributed by atoms with Crippen molar-refractivity contribution < 1.29 is 27.4 Å². The van der Waals surface area contributed by atoms with E-state index in [1.165, 1.54) is 18.2 Å². The van der Waals surface area contributed by atoms with Gasteiger partial charge in [-0.15, -0.1) is 0 Å². The van der Waals surface area contributed by atoms with Crippen molar-refractivity contribution in [1.82, 2.24) is 4.72 Å². The SMILES string of the molecule is C/C(=C/C=C(\C)c1cc(O)ccc1OCc1ccc(F)cc1)Cc1cccc(S(=O)(=O)NC(=O)c2ccccc2)c1. The van der Waals surface area contributed by atoms with E-state index < -0.39 is 15.9 Å². The second-order valence-electron chi connectivity index (χ2n) is 9.58. The number of nitrogens with one attached hydrogen (secondary N) is 1. The van der Waals surface area contributed by atoms with E-state index in [4.69, 9.17) is 4.74 Å². The molecule has 4 aromatic rings. The van der Waals surface area contributed by atoms with E-state index in [9.17, 15) is 22.7 Å². The van der Waals surface area contributed by atoms with Crippen molar-refractivity contribution in [1.29, 1.82) is 0 Å². The van der Waals surface area contributed by atoms with Gasteiger partial charge in [0.25, 0.3) is 15.9 Å². The van der Waals surface area contributed by atoms with E-state index in [1.54, 1.807) is 72.8 Å². The summed E-state index contributed by atoms with van der Waals surface area (Å²) in [5.41, 5.74) is 4.34. The maximum Gasteiger partial charge on any atom is 0.264 e. The Morgan fingerprint density at radius 3 is 2.34 bits per heavy atom. The molecule has 0 heterocycles. The van der Waals surface area contributed by atoms with E-state index >= 15 is 0 Å². The van der Waals surface area contributed by atoms with Crippen LogP contribution in [0.3, 0.4) is 0 Å². The van der Waals surface area contributed by atoms with Gasteiger partial charge in [0.1, 0.15) is 23.9 Å². The number of aromatic hydroxyl groups is 1. The maximum absolute atomic E-state index is 13.2. The highest BCUT2D eigenvalue weighted by atomic mass is 32.2. The van der Waals surface area contributed by atoms with Crippen LogP contribution < -0.4 is 9.46 Å². The molecule has 0 fully saturated rings. The number of rotatable bonds is 10. The Balaban J connectivity index is 1.46. The zero-order valence-corrected chi connectivity index (χ0v) is 23.5. The number of benzene rings is 4. The third-order valence-electron chi connectivity index (χ3n) is 6.27. The maximum atomic E-state index is 13.2. The second-order valence-corrected chi connectivity index (χ2v) is 11.3. The van der Waals surface area contributed by atoms with Gasteiger partial charge in [-0.2, -0.15) is 0 Å². The first-order valence-electron chi connectivity index (χ1n) is 12.9. The number of amides is 1. The van der Waals surface area contributed by atoms with Crippen molar-refractivity contribution >= 4 is 21.5 Å². The number of sulfonamides is 1. The molecule has 0 saturated carbocycles. The van der Waals surface area contributed by atoms with E-state index in [0.29, 0.717) is 17.7 Å². The number of phenols is 1. The number of phenolic OH excluding ortho intramolecular Hbond substituents is 1. The highest BCUT2D eigenvalue weighted by molar-refractivity contribution is 7.90. The molecule has 0 atom stereocenters. The van der Waals surface area contributed by atoms with Crippen LogP contribution in [0, 0.1) is 5.82 Å². The number of carbonyl (C=O) groups excluding carboxylic acids is 1. The number of carbonyl (C=O) groups is 1. The standard InChI is InChI=1S/C33H30FNO5S/c1-23(19-26-7-6-10-30(20-26)41(38,39)35-33(37)27-8-4-3-5-9-27)11-12-24(2)31-21-29(36)17-18-32(31)40-22-25-13-15-28(34)16-14-25/h3-18,20-21,36H,19,22H2,1-2H3,(H,35,37)/b23-11-,24-12+. The molecule has 4 aromatic carbocycles. The van der Waals surface area contributed by atoms with Crippen molar-refractivity contribution in [2.24, 2.45) is 0 Å². The highest BCUT2D eigenvalue weighted by Gasteiger charge is 2.19. The minimum Gasteiger partial charge on any atom is -0.508 e. The van der Waals surface area contributed by atoms with Gasteiger partial charge in [0.15, 0.2) is 0 Å². The minimum absolute atomic E-state index is 0.00140. The lowest BCUT2D eigenvalue weighted by atomic mass is 10.0. The minimum atomic E-state index is -4.05. The van der Waals surface area contributed by atoms with Crippen molar-refractivity contribution in [3.63, 3.8) is 0 Å². The number of halogens is 1. The quantitative estimate of drug-likeness (QED) is 0.204. The third kappa shape index (κ3) is 8.16. The first-order chi connectivity index (χ1) is 19.6. The normalized spacial score (nSPS) is 12.2. The lowest BCUT2D eigenvalue weighted by Gasteiger charge is -2.13. The fraction of sp³-hybridized carbons (Fsp3) is 0.121. The van der Waals surface area contributed by atoms with Crippen LogP contribution in [0.15, 0.2) is 120 Å². The predicted molar refractivity (Wildman–Crippen MR) is 157 cm³/mol. The van der Waals surface area contributed by atoms with Gasteiger partial charge in [0, 0.05) is 11.1 Å². The van der Waals surface area contributed by atoms with Crippen LogP contribution in [-0.2, 0) is 23.1 Å². The van der Waals surface area contributed by atoms with Crippen LogP contribution in [0.25, 0.3) is 5.57 Å². The molecule has 210 valence electrons. The summed E-state index contributed by atoms with van der Waals surface area (Å²) >= 11 is 0. The van der Waals surface area contributed by atoms with Crippen LogP contribution in [0.1, 0.15) is 40.9 Å². The van der Waals surface area contributed by atoms with Crippen molar-refractivity contribution in [2.75, 3.05) is 0 Å². The summed E-state index contributed by atoms with van der Waals surface area (Å²) in [4.78, 5) is 12.4. The van der Waals surface area contributed by atoms with E-state index in [0.717, 1.165) is 22.3 Å². The topological polar surface area (TPSA) is 92.7 Å². The summed E-state index contributed by atoms with van der Waals surface area (Å²) in [7, 11) is -4.05. The summed E-state index contributed by atoms with van der Waals surface area (Å²) in [5.74, 6) is -0.341. The summed E-state index contributed by atoms with van der Waals surface area (Å²) < 4.78 is 47.0. The molecule has 8 heteroatoms. The number of ether oxygens (including phenoxy) is 1. The fourth-order valence-corrected chi connectivity index (χ4v) is 5.13. The lowest BCUT2D eigenvalue weighted by molar-refractivity contribution is 0.0981. The van der Waals surface area contributed by atoms with E-state index in [1.807, 2.05) is 32.1 Å². The Labute approximate surface area is 239 Å². The molecular formula is C33H30FNO5S. The summed E-state index contributed by atoms with van der Waals surface area (Å²) in [6.45, 7) is 4.06. The summed E-state index contributed by atoms with van der Waals surface area (Å²) in [6, 6.07) is 25.5. The molecule has 0 spiro atoms. The Kier molecular flexibility index (Phi) is 9.37. The van der Waals surface area contributed by atoms with Crippen molar-refractivity contribution in [2.45, 2.75) is 31.8 Å². The molecule has 0 unspecified atom stereocenters. The number of allylic oxidation sites excluding steroid dienone is 4. The average molecular weight is 572 g/mol. The molecule has 0 aromatic heterocycles. The van der Waals surface area contributed by atoms with Gasteiger partial charge in [-0.3, -0.25) is 4.79 Å². The van der Waals surface area contributed by atoms with Crippen LogP contribution in [0.2, 0.25) is 0 Å². The van der Waals surface area contributed by atoms with Gasteiger partial charge >= 0.3 is 0 Å². The predicted octanol–water partition coefficient (Wildman–Crippen LogP) is 6.82. The summed E-state index contributed by atoms with van der Waals surface area (Å²) in [5, 5.41) is 10.1. The van der Waals surface area contributed by atoms with Gasteiger partial charge < -0.3 is 9.84 Å². The number of hydrogen-bond donors (Lipinski definition) is 2. The van der Waals surface area contributed by atoms with Crippen molar-refractivity contribution in [3.8, 4) is 11.5 Å². The number of hydrogen-bond acceptors (Lipinski definition) is 5. The molecular weight excluding hydrogens is 541 g/mol. The molecule has 1 amide bonds. The van der Waals surface area contributed by atoms with Gasteiger partial charge in [0.2, 0.25) is 0 Å². The largest absolute Gasteiger partial charge is 0.508 e. The smallest absolute Gasteiger partial charge is 0.264 e.